The summed E-state index contributed by atoms with van der Waals surface area (Å²) in [5.74, 6) is 0.613. The number of hydrogen-bond acceptors (Lipinski definition) is 5. The van der Waals surface area contributed by atoms with E-state index in [9.17, 15) is 5.26 Å². The molecule has 0 aliphatic rings. The first-order valence-corrected chi connectivity index (χ1v) is 10.1. The summed E-state index contributed by atoms with van der Waals surface area (Å²) in [4.78, 5) is 8.77. The van der Waals surface area contributed by atoms with Crippen LogP contribution in [0.15, 0.2) is 78.9 Å². The van der Waals surface area contributed by atoms with Crippen molar-refractivity contribution in [2.45, 2.75) is 13.2 Å². The Morgan fingerprint density at radius 1 is 0.871 bits per heavy atom. The van der Waals surface area contributed by atoms with Gasteiger partial charge in [-0.1, -0.05) is 54.6 Å². The van der Waals surface area contributed by atoms with Crippen LogP contribution in [0.2, 0.25) is 5.28 Å². The smallest absolute Gasteiger partial charge is 0.223 e. The molecule has 3 aromatic carbocycles. The molecule has 4 rings (SSSR count). The highest BCUT2D eigenvalue weighted by atomic mass is 35.5. The zero-order valence-electron chi connectivity index (χ0n) is 16.6. The predicted molar refractivity (Wildman–Crippen MR) is 121 cm³/mol. The van der Waals surface area contributed by atoms with Gasteiger partial charge in [-0.15, -0.1) is 0 Å². The molecule has 0 saturated heterocycles. The van der Waals surface area contributed by atoms with Crippen molar-refractivity contribution in [1.82, 2.24) is 9.97 Å². The molecule has 31 heavy (non-hydrogen) atoms. The molecule has 0 spiro atoms. The van der Waals surface area contributed by atoms with Crippen LogP contribution < -0.4 is 10.5 Å². The molecule has 152 valence electrons. The van der Waals surface area contributed by atoms with Crippen molar-refractivity contribution in [2.75, 3.05) is 0 Å². The maximum absolute atomic E-state index is 9.38. The molecule has 0 amide bonds. The van der Waals surface area contributed by atoms with Crippen molar-refractivity contribution in [3.8, 4) is 34.3 Å². The van der Waals surface area contributed by atoms with E-state index in [1.807, 2.05) is 60.7 Å². The summed E-state index contributed by atoms with van der Waals surface area (Å²) in [6.45, 7) is 0.866. The molecule has 1 heterocycles. The molecule has 0 atom stereocenters. The molecule has 5 nitrogen and oxygen atoms in total. The van der Waals surface area contributed by atoms with Crippen LogP contribution >= 0.6 is 11.6 Å². The molecule has 0 aliphatic carbocycles. The number of rotatable bonds is 6. The van der Waals surface area contributed by atoms with Crippen LogP contribution in [0.4, 0.5) is 0 Å². The van der Waals surface area contributed by atoms with Crippen LogP contribution in [0.1, 0.15) is 16.7 Å². The van der Waals surface area contributed by atoms with E-state index in [2.05, 4.69) is 16.0 Å². The molecular weight excluding hydrogens is 408 g/mol. The minimum Gasteiger partial charge on any atom is -0.488 e. The molecule has 0 bridgehead atoms. The van der Waals surface area contributed by atoms with Gasteiger partial charge in [0.25, 0.3) is 0 Å². The fourth-order valence-corrected chi connectivity index (χ4v) is 3.36. The summed E-state index contributed by atoms with van der Waals surface area (Å²) in [7, 11) is 0. The Morgan fingerprint density at radius 3 is 2.32 bits per heavy atom. The topological polar surface area (TPSA) is 84.8 Å². The maximum atomic E-state index is 9.38. The molecule has 1 aromatic heterocycles. The van der Waals surface area contributed by atoms with Gasteiger partial charge in [0.05, 0.1) is 23.0 Å². The van der Waals surface area contributed by atoms with E-state index >= 15 is 0 Å². The molecule has 0 radical (unpaired) electrons. The van der Waals surface area contributed by atoms with E-state index < -0.39 is 0 Å². The van der Waals surface area contributed by atoms with Crippen LogP contribution in [0.25, 0.3) is 22.5 Å². The van der Waals surface area contributed by atoms with E-state index in [1.54, 1.807) is 18.2 Å². The van der Waals surface area contributed by atoms with E-state index in [4.69, 9.17) is 22.1 Å². The lowest BCUT2D eigenvalue weighted by atomic mass is 10.0. The average molecular weight is 427 g/mol. The Balaban J connectivity index is 1.73. The van der Waals surface area contributed by atoms with Crippen molar-refractivity contribution in [1.29, 1.82) is 5.26 Å². The molecule has 0 aliphatic heterocycles. The summed E-state index contributed by atoms with van der Waals surface area (Å²) < 4.78 is 6.07. The van der Waals surface area contributed by atoms with Gasteiger partial charge in [0.1, 0.15) is 12.4 Å². The summed E-state index contributed by atoms with van der Waals surface area (Å²) in [5.41, 5.74) is 11.1. The van der Waals surface area contributed by atoms with Crippen molar-refractivity contribution < 1.29 is 4.74 Å². The molecule has 6 heteroatoms. The lowest BCUT2D eigenvalue weighted by Crippen LogP contribution is -1.99. The van der Waals surface area contributed by atoms with E-state index in [-0.39, 0.29) is 5.28 Å². The van der Waals surface area contributed by atoms with Crippen molar-refractivity contribution in [3.05, 3.63) is 101 Å². The SMILES string of the molecule is N#Cc1ccc(OCc2ccccc2)c(-c2cc(-c3ccc(CN)cc3)nc(Cl)n2)c1. The predicted octanol–water partition coefficient (Wildman–Crippen LogP) is 5.37. The highest BCUT2D eigenvalue weighted by Gasteiger charge is 2.14. The van der Waals surface area contributed by atoms with Crippen LogP contribution in [0.5, 0.6) is 5.75 Å². The lowest BCUT2D eigenvalue weighted by molar-refractivity contribution is 0.307. The number of nitrogens with two attached hydrogens (primary N) is 1. The third-order valence-electron chi connectivity index (χ3n) is 4.81. The molecule has 4 aromatic rings. The van der Waals surface area contributed by atoms with Crippen LogP contribution in [-0.2, 0) is 13.2 Å². The molecule has 0 fully saturated rings. The third kappa shape index (κ3) is 4.89. The van der Waals surface area contributed by atoms with Crippen molar-refractivity contribution in [3.63, 3.8) is 0 Å². The minimum atomic E-state index is 0.117. The fraction of sp³-hybridized carbons (Fsp3) is 0.0800. The third-order valence-corrected chi connectivity index (χ3v) is 4.98. The molecule has 2 N–H and O–H groups in total. The van der Waals surface area contributed by atoms with Gasteiger partial charge in [0.15, 0.2) is 0 Å². The van der Waals surface area contributed by atoms with Gasteiger partial charge in [0, 0.05) is 17.7 Å². The average Bonchev–Trinajstić information content (AvgIpc) is 2.83. The van der Waals surface area contributed by atoms with Crippen molar-refractivity contribution in [2.24, 2.45) is 5.73 Å². The van der Waals surface area contributed by atoms with Gasteiger partial charge in [-0.2, -0.15) is 5.26 Å². The van der Waals surface area contributed by atoms with E-state index in [0.29, 0.717) is 41.4 Å². The largest absolute Gasteiger partial charge is 0.488 e. The number of ether oxygens (including phenoxy) is 1. The first-order chi connectivity index (χ1) is 15.2. The zero-order chi connectivity index (χ0) is 21.6. The molecule has 0 saturated carbocycles. The fourth-order valence-electron chi connectivity index (χ4n) is 3.18. The van der Waals surface area contributed by atoms with Gasteiger partial charge in [-0.3, -0.25) is 0 Å². The van der Waals surface area contributed by atoms with Gasteiger partial charge in [-0.05, 0) is 47.0 Å². The van der Waals surface area contributed by atoms with Crippen LogP contribution in [0, 0.1) is 11.3 Å². The van der Waals surface area contributed by atoms with E-state index in [1.165, 1.54) is 0 Å². The Labute approximate surface area is 185 Å². The Kier molecular flexibility index (Phi) is 6.23. The Morgan fingerprint density at radius 2 is 1.61 bits per heavy atom. The Bertz CT molecular complexity index is 1230. The Hall–Kier alpha value is -3.72. The second-order valence-corrected chi connectivity index (χ2v) is 7.24. The van der Waals surface area contributed by atoms with Gasteiger partial charge in [-0.25, -0.2) is 9.97 Å². The van der Waals surface area contributed by atoms with E-state index in [0.717, 1.165) is 16.7 Å². The number of nitrogens with zero attached hydrogens (tertiary/aromatic N) is 3. The summed E-state index contributed by atoms with van der Waals surface area (Å²) in [5, 5.41) is 9.50. The molecule has 0 unspecified atom stereocenters. The van der Waals surface area contributed by atoms with Crippen LogP contribution in [0.3, 0.4) is 0 Å². The number of halogens is 1. The highest BCUT2D eigenvalue weighted by molar-refractivity contribution is 6.28. The lowest BCUT2D eigenvalue weighted by Gasteiger charge is -2.13. The quantitative estimate of drug-likeness (QED) is 0.419. The van der Waals surface area contributed by atoms with Gasteiger partial charge >= 0.3 is 0 Å². The normalized spacial score (nSPS) is 10.5. The number of benzene rings is 3. The highest BCUT2D eigenvalue weighted by Crippen LogP contribution is 2.33. The number of hydrogen-bond donors (Lipinski definition) is 1. The monoisotopic (exact) mass is 426 g/mol. The summed E-state index contributed by atoms with van der Waals surface area (Å²) in [6, 6.07) is 26.9. The minimum absolute atomic E-state index is 0.117. The first-order valence-electron chi connectivity index (χ1n) is 9.71. The second kappa shape index (κ2) is 9.40. The summed E-state index contributed by atoms with van der Waals surface area (Å²) in [6.07, 6.45) is 0. The second-order valence-electron chi connectivity index (χ2n) is 6.91. The number of nitriles is 1. The summed E-state index contributed by atoms with van der Waals surface area (Å²) >= 11 is 6.26. The van der Waals surface area contributed by atoms with Gasteiger partial charge < -0.3 is 10.5 Å². The standard InChI is InChI=1S/C25H19ClN4O/c26-25-29-22(20-9-6-17(14-27)7-10-20)13-23(30-25)21-12-19(15-28)8-11-24(21)31-16-18-4-2-1-3-5-18/h1-13H,14,16,27H2. The number of aromatic nitrogens is 2. The van der Waals surface area contributed by atoms with Gasteiger partial charge in [0.2, 0.25) is 5.28 Å². The van der Waals surface area contributed by atoms with Crippen molar-refractivity contribution >= 4 is 11.6 Å². The maximum Gasteiger partial charge on any atom is 0.223 e. The first kappa shape index (κ1) is 20.5. The molecular formula is C25H19ClN4O. The van der Waals surface area contributed by atoms with Crippen LogP contribution in [-0.4, -0.2) is 9.97 Å². The zero-order valence-corrected chi connectivity index (χ0v) is 17.4.